The van der Waals surface area contributed by atoms with Crippen LogP contribution in [0.1, 0.15) is 27.2 Å². The van der Waals surface area contributed by atoms with Crippen LogP contribution in [0.2, 0.25) is 0 Å². The normalized spacial score (nSPS) is 11.9. The molecule has 2 aromatic rings. The number of amides is 2. The second-order valence-corrected chi connectivity index (χ2v) is 6.41. The number of nitrogens with two attached hydrogens (primary N) is 1. The third kappa shape index (κ3) is 5.69. The standard InChI is InChI=1S/C19H24N4O2/c1-12(2)10-17(20)19(25)23-16-6-4-14(5-7-16)15-8-9-21-18(11-15)22-13(3)24/h4-9,11-12,17H,10,20H2,1-3H3,(H,23,25)(H,21,22,24)/t17-/m1/s1. The molecule has 0 aliphatic carbocycles. The van der Waals surface area contributed by atoms with Crippen molar-refractivity contribution >= 4 is 23.3 Å². The van der Waals surface area contributed by atoms with E-state index in [-0.39, 0.29) is 11.8 Å². The lowest BCUT2D eigenvalue weighted by Gasteiger charge is -2.14. The Morgan fingerprint density at radius 3 is 2.36 bits per heavy atom. The SMILES string of the molecule is CC(=O)Nc1cc(-c2ccc(NC(=O)[C@H](N)CC(C)C)cc2)ccn1. The van der Waals surface area contributed by atoms with Gasteiger partial charge in [-0.05, 0) is 47.7 Å². The first-order valence-corrected chi connectivity index (χ1v) is 8.25. The maximum absolute atomic E-state index is 12.1. The minimum Gasteiger partial charge on any atom is -0.325 e. The molecule has 132 valence electrons. The van der Waals surface area contributed by atoms with E-state index < -0.39 is 6.04 Å². The van der Waals surface area contributed by atoms with Gasteiger partial charge in [0.2, 0.25) is 11.8 Å². The van der Waals surface area contributed by atoms with Crippen LogP contribution in [-0.2, 0) is 9.59 Å². The van der Waals surface area contributed by atoms with Crippen LogP contribution in [-0.4, -0.2) is 22.8 Å². The molecule has 0 radical (unpaired) electrons. The van der Waals surface area contributed by atoms with Crippen LogP contribution in [0.25, 0.3) is 11.1 Å². The first kappa shape index (κ1) is 18.6. The third-order valence-electron chi connectivity index (χ3n) is 3.61. The molecule has 0 fully saturated rings. The molecule has 0 unspecified atom stereocenters. The van der Waals surface area contributed by atoms with Crippen LogP contribution in [0.4, 0.5) is 11.5 Å². The zero-order valence-electron chi connectivity index (χ0n) is 14.7. The van der Waals surface area contributed by atoms with Gasteiger partial charge < -0.3 is 16.4 Å². The van der Waals surface area contributed by atoms with Crippen LogP contribution in [0.3, 0.4) is 0 Å². The third-order valence-corrected chi connectivity index (χ3v) is 3.61. The van der Waals surface area contributed by atoms with Crippen molar-refractivity contribution in [2.24, 2.45) is 11.7 Å². The Kier molecular flexibility index (Phi) is 6.25. The van der Waals surface area contributed by atoms with Gasteiger partial charge in [-0.15, -0.1) is 0 Å². The van der Waals surface area contributed by atoms with Crippen LogP contribution >= 0.6 is 0 Å². The molecule has 0 spiro atoms. The largest absolute Gasteiger partial charge is 0.325 e. The molecular formula is C19H24N4O2. The summed E-state index contributed by atoms with van der Waals surface area (Å²) in [5, 5.41) is 5.49. The number of anilines is 2. The van der Waals surface area contributed by atoms with Gasteiger partial charge in [-0.2, -0.15) is 0 Å². The van der Waals surface area contributed by atoms with Gasteiger partial charge in [-0.25, -0.2) is 4.98 Å². The minimum absolute atomic E-state index is 0.166. The van der Waals surface area contributed by atoms with Crippen molar-refractivity contribution in [3.8, 4) is 11.1 Å². The zero-order chi connectivity index (χ0) is 18.4. The fraction of sp³-hybridized carbons (Fsp3) is 0.316. The number of carbonyl (C=O) groups is 2. The molecule has 1 heterocycles. The Balaban J connectivity index is 2.07. The molecular weight excluding hydrogens is 316 g/mol. The van der Waals surface area contributed by atoms with Gasteiger partial charge in [-0.3, -0.25) is 9.59 Å². The highest BCUT2D eigenvalue weighted by Crippen LogP contribution is 2.23. The summed E-state index contributed by atoms with van der Waals surface area (Å²) >= 11 is 0. The van der Waals surface area contributed by atoms with Crippen LogP contribution in [0.5, 0.6) is 0 Å². The van der Waals surface area contributed by atoms with Crippen LogP contribution < -0.4 is 16.4 Å². The summed E-state index contributed by atoms with van der Waals surface area (Å²) in [5.74, 6) is 0.522. The summed E-state index contributed by atoms with van der Waals surface area (Å²) in [7, 11) is 0. The number of pyridine rings is 1. The molecule has 2 amide bonds. The Labute approximate surface area is 147 Å². The van der Waals surface area contributed by atoms with E-state index in [9.17, 15) is 9.59 Å². The molecule has 1 aromatic heterocycles. The molecule has 6 nitrogen and oxygen atoms in total. The second kappa shape index (κ2) is 8.39. The molecule has 4 N–H and O–H groups in total. The van der Waals surface area contributed by atoms with E-state index in [0.29, 0.717) is 23.8 Å². The molecule has 1 aromatic carbocycles. The fourth-order valence-corrected chi connectivity index (χ4v) is 2.45. The van der Waals surface area contributed by atoms with Crippen molar-refractivity contribution in [3.63, 3.8) is 0 Å². The predicted molar refractivity (Wildman–Crippen MR) is 100 cm³/mol. The first-order valence-electron chi connectivity index (χ1n) is 8.25. The smallest absolute Gasteiger partial charge is 0.241 e. The minimum atomic E-state index is -0.514. The van der Waals surface area contributed by atoms with Crippen molar-refractivity contribution in [1.29, 1.82) is 0 Å². The molecule has 0 aliphatic heterocycles. The van der Waals surface area contributed by atoms with E-state index in [1.54, 1.807) is 12.3 Å². The lowest BCUT2D eigenvalue weighted by molar-refractivity contribution is -0.117. The molecule has 0 bridgehead atoms. The highest BCUT2D eigenvalue weighted by Gasteiger charge is 2.15. The summed E-state index contributed by atoms with van der Waals surface area (Å²) in [6.45, 7) is 5.51. The Bertz CT molecular complexity index is 741. The van der Waals surface area contributed by atoms with E-state index in [1.807, 2.05) is 44.2 Å². The van der Waals surface area contributed by atoms with Crippen molar-refractivity contribution in [2.45, 2.75) is 33.2 Å². The van der Waals surface area contributed by atoms with Gasteiger partial charge in [0.25, 0.3) is 0 Å². The van der Waals surface area contributed by atoms with Crippen molar-refractivity contribution < 1.29 is 9.59 Å². The number of hydrogen-bond acceptors (Lipinski definition) is 4. The van der Waals surface area contributed by atoms with Gasteiger partial charge in [-0.1, -0.05) is 26.0 Å². The molecule has 0 saturated heterocycles. The summed E-state index contributed by atoms with van der Waals surface area (Å²) in [6, 6.07) is 10.6. The molecule has 1 atom stereocenters. The van der Waals surface area contributed by atoms with Gasteiger partial charge in [0.1, 0.15) is 5.82 Å². The van der Waals surface area contributed by atoms with Gasteiger partial charge in [0.05, 0.1) is 6.04 Å². The summed E-state index contributed by atoms with van der Waals surface area (Å²) in [6.07, 6.45) is 2.29. The number of benzene rings is 1. The number of rotatable bonds is 6. The Morgan fingerprint density at radius 2 is 1.76 bits per heavy atom. The van der Waals surface area contributed by atoms with Gasteiger partial charge in [0, 0.05) is 18.8 Å². The number of nitrogens with one attached hydrogen (secondary N) is 2. The molecule has 25 heavy (non-hydrogen) atoms. The summed E-state index contributed by atoms with van der Waals surface area (Å²) < 4.78 is 0. The maximum Gasteiger partial charge on any atom is 0.241 e. The number of nitrogens with zero attached hydrogens (tertiary/aromatic N) is 1. The number of hydrogen-bond donors (Lipinski definition) is 3. The van der Waals surface area contributed by atoms with Crippen LogP contribution in [0.15, 0.2) is 42.6 Å². The van der Waals surface area contributed by atoms with Crippen molar-refractivity contribution in [1.82, 2.24) is 4.98 Å². The summed E-state index contributed by atoms with van der Waals surface area (Å²) in [4.78, 5) is 27.3. The highest BCUT2D eigenvalue weighted by atomic mass is 16.2. The average Bonchev–Trinajstić information content (AvgIpc) is 2.54. The monoisotopic (exact) mass is 340 g/mol. The lowest BCUT2D eigenvalue weighted by Crippen LogP contribution is -2.36. The highest BCUT2D eigenvalue weighted by molar-refractivity contribution is 5.95. The Hall–Kier alpha value is -2.73. The number of carbonyl (C=O) groups excluding carboxylic acids is 2. The van der Waals surface area contributed by atoms with E-state index in [4.69, 9.17) is 5.73 Å². The van der Waals surface area contributed by atoms with Crippen molar-refractivity contribution in [3.05, 3.63) is 42.6 Å². The summed E-state index contributed by atoms with van der Waals surface area (Å²) in [5.41, 5.74) is 8.47. The second-order valence-electron chi connectivity index (χ2n) is 6.41. The lowest BCUT2D eigenvalue weighted by atomic mass is 10.0. The maximum atomic E-state index is 12.1. The first-order chi connectivity index (χ1) is 11.8. The van der Waals surface area contributed by atoms with Crippen LogP contribution in [0, 0.1) is 5.92 Å². The quantitative estimate of drug-likeness (QED) is 0.753. The predicted octanol–water partition coefficient (Wildman–Crippen LogP) is 3.02. The van der Waals surface area contributed by atoms with E-state index in [1.165, 1.54) is 6.92 Å². The van der Waals surface area contributed by atoms with Crippen molar-refractivity contribution in [2.75, 3.05) is 10.6 Å². The molecule has 2 rings (SSSR count). The molecule has 0 aliphatic rings. The number of aromatic nitrogens is 1. The van der Waals surface area contributed by atoms with Gasteiger partial charge in [0.15, 0.2) is 0 Å². The van der Waals surface area contributed by atoms with E-state index >= 15 is 0 Å². The molecule has 6 heteroatoms. The fourth-order valence-electron chi connectivity index (χ4n) is 2.45. The zero-order valence-corrected chi connectivity index (χ0v) is 14.7. The Morgan fingerprint density at radius 1 is 1.08 bits per heavy atom. The van der Waals surface area contributed by atoms with Gasteiger partial charge >= 0.3 is 0 Å². The average molecular weight is 340 g/mol. The topological polar surface area (TPSA) is 97.1 Å². The molecule has 0 saturated carbocycles. The van der Waals surface area contributed by atoms with E-state index in [0.717, 1.165) is 11.1 Å². The van der Waals surface area contributed by atoms with E-state index in [2.05, 4.69) is 15.6 Å².